The van der Waals surface area contributed by atoms with Crippen LogP contribution in [0.2, 0.25) is 0 Å². The first-order chi connectivity index (χ1) is 16.3. The molecule has 8 nitrogen and oxygen atoms in total. The van der Waals surface area contributed by atoms with E-state index in [-0.39, 0.29) is 36.4 Å². The van der Waals surface area contributed by atoms with Crippen molar-refractivity contribution in [2.24, 2.45) is 5.92 Å². The number of carbonyl (C=O) groups is 2. The topological polar surface area (TPSA) is 99.2 Å². The Hall–Kier alpha value is -2.98. The molecule has 0 N–H and O–H groups in total. The number of nitrogens with zero attached hydrogens (tertiary/aromatic N) is 1. The second kappa shape index (κ2) is 10.1. The van der Waals surface area contributed by atoms with Gasteiger partial charge in [0.1, 0.15) is 5.82 Å². The lowest BCUT2D eigenvalue weighted by Gasteiger charge is -2.30. The molecular weight excluding hydrogens is 465 g/mol. The van der Waals surface area contributed by atoms with Crippen LogP contribution in [0.25, 0.3) is 0 Å². The number of benzene rings is 2. The standard InChI is InChI=1S/C24H26FNO7S/c1-16(23(27)17-3-5-19(25)6-4-17)33-24(28)18-9-11-26(12-10-18)34(29,30)20-7-8-21-22(15-20)32-14-2-13-31-21/h3-8,15-16,18H,2,9-14H2,1H3. The van der Waals surface area contributed by atoms with Gasteiger partial charge in [-0.3, -0.25) is 9.59 Å². The molecule has 0 radical (unpaired) electrons. The van der Waals surface area contributed by atoms with E-state index in [1.807, 2.05) is 0 Å². The molecule has 182 valence electrons. The highest BCUT2D eigenvalue weighted by atomic mass is 32.2. The van der Waals surface area contributed by atoms with Gasteiger partial charge in [0, 0.05) is 31.1 Å². The fraction of sp³-hybridized carbons (Fsp3) is 0.417. The van der Waals surface area contributed by atoms with Crippen LogP contribution in [0.15, 0.2) is 47.4 Å². The zero-order chi connectivity index (χ0) is 24.3. The van der Waals surface area contributed by atoms with Gasteiger partial charge in [-0.1, -0.05) is 0 Å². The SMILES string of the molecule is CC(OC(=O)C1CCN(S(=O)(=O)c2ccc3c(c2)OCCCO3)CC1)C(=O)c1ccc(F)cc1. The molecule has 0 bridgehead atoms. The number of hydrogen-bond donors (Lipinski definition) is 0. The molecule has 2 heterocycles. The van der Waals surface area contributed by atoms with Crippen molar-refractivity contribution < 1.29 is 36.6 Å². The fourth-order valence-electron chi connectivity index (χ4n) is 3.96. The Balaban J connectivity index is 1.35. The summed E-state index contributed by atoms with van der Waals surface area (Å²) in [5, 5.41) is 0. The van der Waals surface area contributed by atoms with Crippen molar-refractivity contribution in [3.63, 3.8) is 0 Å². The first-order valence-electron chi connectivity index (χ1n) is 11.2. The highest BCUT2D eigenvalue weighted by molar-refractivity contribution is 7.89. The Bertz CT molecular complexity index is 1160. The van der Waals surface area contributed by atoms with Crippen molar-refractivity contribution in [1.29, 1.82) is 0 Å². The third kappa shape index (κ3) is 5.23. The first kappa shape index (κ1) is 24.2. The van der Waals surface area contributed by atoms with Gasteiger partial charge in [0.25, 0.3) is 0 Å². The number of esters is 1. The number of carbonyl (C=O) groups excluding carboxylic acids is 2. The molecule has 2 aromatic carbocycles. The Morgan fingerprint density at radius 1 is 1.03 bits per heavy atom. The average molecular weight is 492 g/mol. The summed E-state index contributed by atoms with van der Waals surface area (Å²) in [7, 11) is -3.77. The number of fused-ring (bicyclic) bond motifs is 1. The summed E-state index contributed by atoms with van der Waals surface area (Å²) >= 11 is 0. The van der Waals surface area contributed by atoms with Crippen molar-refractivity contribution in [2.75, 3.05) is 26.3 Å². The van der Waals surface area contributed by atoms with Crippen LogP contribution >= 0.6 is 0 Å². The molecule has 34 heavy (non-hydrogen) atoms. The maximum atomic E-state index is 13.1. The molecule has 0 spiro atoms. The molecule has 0 aromatic heterocycles. The fourth-order valence-corrected chi connectivity index (χ4v) is 5.44. The maximum absolute atomic E-state index is 13.1. The molecular formula is C24H26FNO7S. The van der Waals surface area contributed by atoms with Crippen LogP contribution in [-0.4, -0.2) is 56.9 Å². The number of hydrogen-bond acceptors (Lipinski definition) is 7. The van der Waals surface area contributed by atoms with Crippen molar-refractivity contribution in [1.82, 2.24) is 4.31 Å². The molecule has 2 aliphatic rings. The number of piperidine rings is 1. The van der Waals surface area contributed by atoms with Crippen LogP contribution in [0.4, 0.5) is 4.39 Å². The van der Waals surface area contributed by atoms with Gasteiger partial charge in [-0.25, -0.2) is 12.8 Å². The number of halogens is 1. The predicted molar refractivity (Wildman–Crippen MR) is 120 cm³/mol. The minimum Gasteiger partial charge on any atom is -0.490 e. The van der Waals surface area contributed by atoms with Crippen molar-refractivity contribution in [3.05, 3.63) is 53.8 Å². The number of ether oxygens (including phenoxy) is 3. The summed E-state index contributed by atoms with van der Waals surface area (Å²) in [4.78, 5) is 25.1. The lowest BCUT2D eigenvalue weighted by molar-refractivity contribution is -0.152. The monoisotopic (exact) mass is 491 g/mol. The molecule has 2 aromatic rings. The van der Waals surface area contributed by atoms with Gasteiger partial charge < -0.3 is 14.2 Å². The Kier molecular flexibility index (Phi) is 7.18. The van der Waals surface area contributed by atoms with E-state index < -0.39 is 39.6 Å². The molecule has 0 aliphatic carbocycles. The van der Waals surface area contributed by atoms with E-state index in [1.54, 1.807) is 6.07 Å². The normalized spacial score (nSPS) is 18.1. The minimum atomic E-state index is -3.77. The number of rotatable bonds is 6. The van der Waals surface area contributed by atoms with Gasteiger partial charge in [-0.15, -0.1) is 0 Å². The first-order valence-corrected chi connectivity index (χ1v) is 12.6. The molecule has 1 atom stereocenters. The van der Waals surface area contributed by atoms with E-state index in [2.05, 4.69) is 0 Å². The average Bonchev–Trinajstić information content (AvgIpc) is 3.09. The summed E-state index contributed by atoms with van der Waals surface area (Å²) in [5.41, 5.74) is 0.248. The van der Waals surface area contributed by atoms with Crippen LogP contribution in [-0.2, 0) is 19.6 Å². The number of ketones is 1. The van der Waals surface area contributed by atoms with Crippen LogP contribution < -0.4 is 9.47 Å². The molecule has 2 aliphatic heterocycles. The second-order valence-electron chi connectivity index (χ2n) is 8.29. The van der Waals surface area contributed by atoms with E-state index in [0.717, 1.165) is 0 Å². The lowest BCUT2D eigenvalue weighted by atomic mass is 9.98. The van der Waals surface area contributed by atoms with E-state index in [1.165, 1.54) is 47.6 Å². The van der Waals surface area contributed by atoms with Gasteiger partial charge in [0.2, 0.25) is 15.8 Å². The van der Waals surface area contributed by atoms with Gasteiger partial charge in [-0.05, 0) is 56.2 Å². The summed E-state index contributed by atoms with van der Waals surface area (Å²) in [6, 6.07) is 9.57. The Morgan fingerprint density at radius 3 is 2.35 bits per heavy atom. The maximum Gasteiger partial charge on any atom is 0.309 e. The molecule has 1 saturated heterocycles. The molecule has 4 rings (SSSR count). The van der Waals surface area contributed by atoms with Gasteiger partial charge in [0.15, 0.2) is 17.6 Å². The van der Waals surface area contributed by atoms with Crippen molar-refractivity contribution in [3.8, 4) is 11.5 Å². The smallest absolute Gasteiger partial charge is 0.309 e. The minimum absolute atomic E-state index is 0.108. The van der Waals surface area contributed by atoms with Gasteiger partial charge in [0.05, 0.1) is 24.0 Å². The van der Waals surface area contributed by atoms with Crippen molar-refractivity contribution in [2.45, 2.75) is 37.2 Å². The third-order valence-corrected chi connectivity index (χ3v) is 7.83. The largest absolute Gasteiger partial charge is 0.490 e. The predicted octanol–water partition coefficient (Wildman–Crippen LogP) is 3.20. The molecule has 1 fully saturated rings. The summed E-state index contributed by atoms with van der Waals surface area (Å²) < 4.78 is 57.1. The zero-order valence-corrected chi connectivity index (χ0v) is 19.6. The van der Waals surface area contributed by atoms with Crippen LogP contribution in [0.3, 0.4) is 0 Å². The lowest BCUT2D eigenvalue weighted by Crippen LogP contribution is -2.41. The van der Waals surface area contributed by atoms with E-state index in [4.69, 9.17) is 14.2 Å². The highest BCUT2D eigenvalue weighted by Gasteiger charge is 2.34. The van der Waals surface area contributed by atoms with Crippen molar-refractivity contribution >= 4 is 21.8 Å². The number of Topliss-reactive ketones (excluding diaryl/α,β-unsaturated/α-hetero) is 1. The molecule has 0 amide bonds. The summed E-state index contributed by atoms with van der Waals surface area (Å²) in [6.45, 7) is 2.73. The van der Waals surface area contributed by atoms with Crippen LogP contribution in [0.5, 0.6) is 11.5 Å². The Labute approximate surface area is 197 Å². The van der Waals surface area contributed by atoms with Gasteiger partial charge in [-0.2, -0.15) is 4.31 Å². The van der Waals surface area contributed by atoms with E-state index in [9.17, 15) is 22.4 Å². The summed E-state index contributed by atoms with van der Waals surface area (Å²) in [5.74, 6) is -1.04. The van der Waals surface area contributed by atoms with E-state index >= 15 is 0 Å². The second-order valence-corrected chi connectivity index (χ2v) is 10.2. The number of sulfonamides is 1. The van der Waals surface area contributed by atoms with Crippen LogP contribution in [0.1, 0.15) is 36.5 Å². The third-order valence-electron chi connectivity index (χ3n) is 5.93. The van der Waals surface area contributed by atoms with Crippen LogP contribution in [0, 0.1) is 11.7 Å². The molecule has 0 saturated carbocycles. The highest BCUT2D eigenvalue weighted by Crippen LogP contribution is 2.34. The zero-order valence-electron chi connectivity index (χ0n) is 18.7. The van der Waals surface area contributed by atoms with Gasteiger partial charge >= 0.3 is 5.97 Å². The quantitative estimate of drug-likeness (QED) is 0.452. The molecule has 10 heteroatoms. The summed E-state index contributed by atoms with van der Waals surface area (Å²) in [6.07, 6.45) is 0.246. The molecule has 1 unspecified atom stereocenters. The Morgan fingerprint density at radius 2 is 1.68 bits per heavy atom. The van der Waals surface area contributed by atoms with E-state index in [0.29, 0.717) is 31.1 Å².